The van der Waals surface area contributed by atoms with Crippen LogP contribution < -0.4 is 5.32 Å². The molecule has 0 saturated heterocycles. The highest BCUT2D eigenvalue weighted by Gasteiger charge is 2.25. The van der Waals surface area contributed by atoms with Gasteiger partial charge in [-0.3, -0.25) is 4.79 Å². The van der Waals surface area contributed by atoms with Crippen molar-refractivity contribution in [3.8, 4) is 0 Å². The molecule has 2 atom stereocenters. The summed E-state index contributed by atoms with van der Waals surface area (Å²) in [6, 6.07) is 8.29. The monoisotopic (exact) mass is 299 g/mol. The summed E-state index contributed by atoms with van der Waals surface area (Å²) in [6.45, 7) is 0.196. The number of benzene rings is 1. The van der Waals surface area contributed by atoms with Gasteiger partial charge in [0.25, 0.3) is 0 Å². The van der Waals surface area contributed by atoms with Gasteiger partial charge >= 0.3 is 0 Å². The molecule has 1 aromatic heterocycles. The zero-order chi connectivity index (χ0) is 15.5. The van der Waals surface area contributed by atoms with Crippen LogP contribution in [0, 0.1) is 5.92 Å². The van der Waals surface area contributed by atoms with Gasteiger partial charge in [0.05, 0.1) is 6.54 Å². The number of aliphatic hydroxyl groups excluding tert-OH is 1. The van der Waals surface area contributed by atoms with Crippen molar-refractivity contribution in [3.05, 3.63) is 53.6 Å². The Hall–Kier alpha value is -2.14. The van der Waals surface area contributed by atoms with Crippen molar-refractivity contribution in [3.63, 3.8) is 0 Å². The second kappa shape index (κ2) is 6.32. The molecule has 116 valence electrons. The summed E-state index contributed by atoms with van der Waals surface area (Å²) in [5, 5.41) is 13.0. The number of rotatable bonds is 4. The second-order valence-corrected chi connectivity index (χ2v) is 5.87. The summed E-state index contributed by atoms with van der Waals surface area (Å²) in [7, 11) is 1.82. The molecular formula is C17H21N3O2. The molecule has 5 nitrogen and oxygen atoms in total. The number of amides is 1. The highest BCUT2D eigenvalue weighted by Crippen LogP contribution is 2.25. The summed E-state index contributed by atoms with van der Waals surface area (Å²) in [4.78, 5) is 16.4. The molecule has 1 heterocycles. The van der Waals surface area contributed by atoms with Crippen LogP contribution in [0.15, 0.2) is 36.7 Å². The number of imidazole rings is 1. The Bertz CT molecular complexity index is 665. The van der Waals surface area contributed by atoms with Crippen LogP contribution in [0.5, 0.6) is 0 Å². The summed E-state index contributed by atoms with van der Waals surface area (Å²) in [6.07, 6.45) is 5.22. The Morgan fingerprint density at radius 2 is 2.23 bits per heavy atom. The summed E-state index contributed by atoms with van der Waals surface area (Å²) in [5.74, 6) is 0.570. The average molecular weight is 299 g/mol. The van der Waals surface area contributed by atoms with Gasteiger partial charge in [-0.1, -0.05) is 24.3 Å². The molecule has 22 heavy (non-hydrogen) atoms. The molecule has 3 rings (SSSR count). The van der Waals surface area contributed by atoms with Crippen molar-refractivity contribution in [1.82, 2.24) is 14.9 Å². The maximum Gasteiger partial charge on any atom is 0.223 e. The van der Waals surface area contributed by atoms with Crippen molar-refractivity contribution in [2.24, 2.45) is 13.0 Å². The van der Waals surface area contributed by atoms with E-state index in [4.69, 9.17) is 0 Å². The fourth-order valence-electron chi connectivity index (χ4n) is 3.05. The average Bonchev–Trinajstić information content (AvgIpc) is 2.98. The normalized spacial score (nSPS) is 18.5. The van der Waals surface area contributed by atoms with Gasteiger partial charge in [-0.05, 0) is 30.4 Å². The molecule has 5 heteroatoms. The van der Waals surface area contributed by atoms with Crippen molar-refractivity contribution in [2.45, 2.75) is 25.4 Å². The first-order valence-electron chi connectivity index (χ1n) is 7.65. The third-order valence-corrected chi connectivity index (χ3v) is 4.34. The predicted octanol–water partition coefficient (Wildman–Crippen LogP) is 1.37. The number of nitrogens with one attached hydrogen (secondary N) is 1. The molecule has 0 saturated carbocycles. The molecule has 0 fully saturated rings. The molecule has 1 amide bonds. The SMILES string of the molecule is Cn1ccnc1[C@@H](O)CNC(=O)[C@@H]1CCc2ccccc2C1. The van der Waals surface area contributed by atoms with Gasteiger partial charge in [0.1, 0.15) is 11.9 Å². The molecule has 0 unspecified atom stereocenters. The van der Waals surface area contributed by atoms with E-state index in [1.807, 2.05) is 19.2 Å². The number of hydrogen-bond acceptors (Lipinski definition) is 3. The lowest BCUT2D eigenvalue weighted by atomic mass is 9.83. The number of aryl methyl sites for hydroxylation is 2. The Kier molecular flexibility index (Phi) is 4.24. The van der Waals surface area contributed by atoms with Gasteiger partial charge < -0.3 is 15.0 Å². The first-order valence-corrected chi connectivity index (χ1v) is 7.65. The van der Waals surface area contributed by atoms with Crippen molar-refractivity contribution in [1.29, 1.82) is 0 Å². The van der Waals surface area contributed by atoms with Crippen LogP contribution in [0.3, 0.4) is 0 Å². The van der Waals surface area contributed by atoms with Crippen LogP contribution in [0.1, 0.15) is 29.5 Å². The van der Waals surface area contributed by atoms with Crippen LogP contribution in [-0.2, 0) is 24.7 Å². The number of aromatic nitrogens is 2. The van der Waals surface area contributed by atoms with Gasteiger partial charge in [-0.2, -0.15) is 0 Å². The number of fused-ring (bicyclic) bond motifs is 1. The number of carbonyl (C=O) groups excluding carboxylic acids is 1. The third-order valence-electron chi connectivity index (χ3n) is 4.34. The Morgan fingerprint density at radius 3 is 2.95 bits per heavy atom. The van der Waals surface area contributed by atoms with E-state index in [2.05, 4.69) is 22.4 Å². The van der Waals surface area contributed by atoms with E-state index < -0.39 is 6.10 Å². The zero-order valence-corrected chi connectivity index (χ0v) is 12.7. The van der Waals surface area contributed by atoms with E-state index in [0.717, 1.165) is 19.3 Å². The Morgan fingerprint density at radius 1 is 1.45 bits per heavy atom. The van der Waals surface area contributed by atoms with Gasteiger partial charge in [-0.15, -0.1) is 0 Å². The topological polar surface area (TPSA) is 67.2 Å². The molecule has 0 aliphatic heterocycles. The van der Waals surface area contributed by atoms with Gasteiger partial charge in [0.2, 0.25) is 5.91 Å². The smallest absolute Gasteiger partial charge is 0.223 e. The quantitative estimate of drug-likeness (QED) is 0.896. The number of aliphatic hydroxyl groups is 1. The van der Waals surface area contributed by atoms with Crippen LogP contribution in [-0.4, -0.2) is 27.1 Å². The summed E-state index contributed by atoms with van der Waals surface area (Å²) >= 11 is 0. The summed E-state index contributed by atoms with van der Waals surface area (Å²) in [5.41, 5.74) is 2.61. The predicted molar refractivity (Wildman–Crippen MR) is 83.1 cm³/mol. The molecule has 0 bridgehead atoms. The molecule has 1 aliphatic rings. The maximum atomic E-state index is 12.3. The lowest BCUT2D eigenvalue weighted by Crippen LogP contribution is -2.36. The number of nitrogens with zero attached hydrogens (tertiary/aromatic N) is 2. The van der Waals surface area contributed by atoms with Gasteiger partial charge in [0, 0.05) is 25.4 Å². The van der Waals surface area contributed by atoms with E-state index >= 15 is 0 Å². The molecule has 2 N–H and O–H groups in total. The van der Waals surface area contributed by atoms with Crippen LogP contribution in [0.2, 0.25) is 0 Å². The van der Waals surface area contributed by atoms with E-state index in [1.165, 1.54) is 11.1 Å². The largest absolute Gasteiger partial charge is 0.383 e. The summed E-state index contributed by atoms with van der Waals surface area (Å²) < 4.78 is 1.76. The fourth-order valence-corrected chi connectivity index (χ4v) is 3.05. The fraction of sp³-hybridized carbons (Fsp3) is 0.412. The standard InChI is InChI=1S/C17H21N3O2/c1-20-9-8-18-16(20)15(21)11-19-17(22)14-7-6-12-4-2-3-5-13(12)10-14/h2-5,8-9,14-15,21H,6-7,10-11H2,1H3,(H,19,22)/t14-,15+/m1/s1. The molecular weight excluding hydrogens is 278 g/mol. The van der Waals surface area contributed by atoms with Crippen molar-refractivity contribution < 1.29 is 9.90 Å². The van der Waals surface area contributed by atoms with E-state index in [9.17, 15) is 9.90 Å². The zero-order valence-electron chi connectivity index (χ0n) is 12.7. The first-order chi connectivity index (χ1) is 10.6. The van der Waals surface area contributed by atoms with Gasteiger partial charge in [0.15, 0.2) is 0 Å². The molecule has 2 aromatic rings. The van der Waals surface area contributed by atoms with Crippen molar-refractivity contribution in [2.75, 3.05) is 6.54 Å². The first kappa shape index (κ1) is 14.8. The number of hydrogen-bond donors (Lipinski definition) is 2. The highest BCUT2D eigenvalue weighted by molar-refractivity contribution is 5.79. The Balaban J connectivity index is 1.56. The molecule has 0 spiro atoms. The Labute approximate surface area is 130 Å². The van der Waals surface area contributed by atoms with Crippen LogP contribution in [0.25, 0.3) is 0 Å². The van der Waals surface area contributed by atoms with Crippen molar-refractivity contribution >= 4 is 5.91 Å². The van der Waals surface area contributed by atoms with E-state index in [1.54, 1.807) is 17.0 Å². The third kappa shape index (κ3) is 3.04. The lowest BCUT2D eigenvalue weighted by molar-refractivity contribution is -0.125. The van der Waals surface area contributed by atoms with Gasteiger partial charge in [-0.25, -0.2) is 4.98 Å². The molecule has 1 aromatic carbocycles. The van der Waals surface area contributed by atoms with Crippen LogP contribution >= 0.6 is 0 Å². The minimum absolute atomic E-state index is 0.0107. The van der Waals surface area contributed by atoms with E-state index in [0.29, 0.717) is 5.82 Å². The maximum absolute atomic E-state index is 12.3. The van der Waals surface area contributed by atoms with Crippen LogP contribution in [0.4, 0.5) is 0 Å². The number of carbonyl (C=O) groups is 1. The minimum Gasteiger partial charge on any atom is -0.383 e. The second-order valence-electron chi connectivity index (χ2n) is 5.87. The minimum atomic E-state index is -0.778. The molecule has 1 aliphatic carbocycles. The van der Waals surface area contributed by atoms with E-state index in [-0.39, 0.29) is 18.4 Å². The molecule has 0 radical (unpaired) electrons. The highest BCUT2D eigenvalue weighted by atomic mass is 16.3. The lowest BCUT2D eigenvalue weighted by Gasteiger charge is -2.24.